The summed E-state index contributed by atoms with van der Waals surface area (Å²) in [4.78, 5) is 17.8. The highest BCUT2D eigenvalue weighted by molar-refractivity contribution is 7.09. The molecule has 1 fully saturated rings. The number of likely N-dealkylation sites (tertiary alicyclic amines) is 1. The molecule has 1 saturated heterocycles. The lowest BCUT2D eigenvalue weighted by atomic mass is 9.93. The first-order valence-corrected chi connectivity index (χ1v) is 8.31. The minimum atomic E-state index is -0.678. The molecular formula is C15H24N2O2S. The molecule has 1 unspecified atom stereocenters. The van der Waals surface area contributed by atoms with Gasteiger partial charge in [-0.05, 0) is 31.7 Å². The summed E-state index contributed by atoms with van der Waals surface area (Å²) in [6, 6.07) is 0. The summed E-state index contributed by atoms with van der Waals surface area (Å²) in [5.74, 6) is 0.352. The van der Waals surface area contributed by atoms with E-state index in [1.165, 1.54) is 11.4 Å². The first-order valence-electron chi connectivity index (χ1n) is 7.43. The molecule has 20 heavy (non-hydrogen) atoms. The Morgan fingerprint density at radius 3 is 3.05 bits per heavy atom. The van der Waals surface area contributed by atoms with Gasteiger partial charge in [-0.2, -0.15) is 0 Å². The molecule has 1 aromatic heterocycles. The van der Waals surface area contributed by atoms with Gasteiger partial charge in [0.2, 0.25) is 0 Å². The third-order valence-electron chi connectivity index (χ3n) is 3.82. The monoisotopic (exact) mass is 296 g/mol. The second-order valence-electron chi connectivity index (χ2n) is 6.01. The molecule has 4 nitrogen and oxygen atoms in total. The maximum absolute atomic E-state index is 10.7. The predicted molar refractivity (Wildman–Crippen MR) is 81.1 cm³/mol. The highest BCUT2D eigenvalue weighted by Gasteiger charge is 2.21. The topological polar surface area (TPSA) is 53.4 Å². The van der Waals surface area contributed by atoms with Gasteiger partial charge in [0, 0.05) is 30.8 Å². The second kappa shape index (κ2) is 7.18. The zero-order valence-corrected chi connectivity index (χ0v) is 13.2. The van der Waals surface area contributed by atoms with Crippen LogP contribution in [0, 0.1) is 5.92 Å². The van der Waals surface area contributed by atoms with Gasteiger partial charge in [0.1, 0.15) is 0 Å². The molecule has 5 heteroatoms. The van der Waals surface area contributed by atoms with Gasteiger partial charge in [-0.25, -0.2) is 4.98 Å². The number of piperidine rings is 1. The number of carbonyl (C=O) groups is 1. The number of rotatable bonds is 6. The molecular weight excluding hydrogens is 272 g/mol. The molecule has 1 atom stereocenters. The van der Waals surface area contributed by atoms with E-state index >= 15 is 0 Å². The molecule has 0 aliphatic carbocycles. The van der Waals surface area contributed by atoms with Crippen molar-refractivity contribution in [2.24, 2.45) is 5.92 Å². The van der Waals surface area contributed by atoms with Gasteiger partial charge in [0.05, 0.1) is 10.7 Å². The van der Waals surface area contributed by atoms with E-state index in [-0.39, 0.29) is 0 Å². The quantitative estimate of drug-likeness (QED) is 0.874. The lowest BCUT2D eigenvalue weighted by Gasteiger charge is -2.32. The van der Waals surface area contributed by atoms with Crippen molar-refractivity contribution < 1.29 is 9.90 Å². The van der Waals surface area contributed by atoms with Crippen LogP contribution in [-0.4, -0.2) is 34.0 Å². The summed E-state index contributed by atoms with van der Waals surface area (Å²) in [7, 11) is 0. The van der Waals surface area contributed by atoms with Crippen LogP contribution in [-0.2, 0) is 11.3 Å². The second-order valence-corrected chi connectivity index (χ2v) is 6.90. The van der Waals surface area contributed by atoms with Crippen molar-refractivity contribution in [1.82, 2.24) is 9.88 Å². The summed E-state index contributed by atoms with van der Waals surface area (Å²) in [6.45, 7) is 7.38. The molecule has 112 valence electrons. The molecule has 1 aliphatic heterocycles. The van der Waals surface area contributed by atoms with Gasteiger partial charge >= 0.3 is 5.97 Å². The number of aromatic nitrogens is 1. The van der Waals surface area contributed by atoms with E-state index < -0.39 is 5.97 Å². The van der Waals surface area contributed by atoms with Gasteiger partial charge in [0.15, 0.2) is 0 Å². The molecule has 2 rings (SSSR count). The van der Waals surface area contributed by atoms with Crippen LogP contribution in [0.2, 0.25) is 0 Å². The minimum Gasteiger partial charge on any atom is -0.481 e. The highest BCUT2D eigenvalue weighted by atomic mass is 32.1. The normalized spacial score (nSPS) is 20.4. The Hall–Kier alpha value is -0.940. The highest BCUT2D eigenvalue weighted by Crippen LogP contribution is 2.24. The third-order valence-corrected chi connectivity index (χ3v) is 5.01. The van der Waals surface area contributed by atoms with E-state index in [0.717, 1.165) is 38.2 Å². The lowest BCUT2D eigenvalue weighted by Crippen LogP contribution is -2.35. The Labute approximate surface area is 124 Å². The fourth-order valence-electron chi connectivity index (χ4n) is 2.75. The largest absolute Gasteiger partial charge is 0.481 e. The number of nitrogens with zero attached hydrogens (tertiary/aromatic N) is 2. The maximum atomic E-state index is 10.7. The average molecular weight is 296 g/mol. The van der Waals surface area contributed by atoms with Gasteiger partial charge < -0.3 is 5.11 Å². The molecule has 1 N–H and O–H groups in total. The zero-order valence-electron chi connectivity index (χ0n) is 12.3. The van der Waals surface area contributed by atoms with Crippen molar-refractivity contribution in [3.8, 4) is 0 Å². The van der Waals surface area contributed by atoms with Crippen molar-refractivity contribution in [1.29, 1.82) is 0 Å². The number of carboxylic acids is 1. The summed E-state index contributed by atoms with van der Waals surface area (Å²) in [5.41, 5.74) is 1.16. The summed E-state index contributed by atoms with van der Waals surface area (Å²) < 4.78 is 0. The van der Waals surface area contributed by atoms with Crippen LogP contribution in [0.1, 0.15) is 56.2 Å². The Morgan fingerprint density at radius 1 is 1.60 bits per heavy atom. The van der Waals surface area contributed by atoms with Crippen molar-refractivity contribution in [2.45, 2.75) is 52.0 Å². The number of hydrogen-bond acceptors (Lipinski definition) is 4. The molecule has 2 heterocycles. The van der Waals surface area contributed by atoms with Crippen LogP contribution in [0.25, 0.3) is 0 Å². The van der Waals surface area contributed by atoms with Crippen LogP contribution in [0.3, 0.4) is 0 Å². The SMILES string of the molecule is CC(C)c1nc(CN2CCCC(CCC(=O)O)C2)cs1. The lowest BCUT2D eigenvalue weighted by molar-refractivity contribution is -0.137. The van der Waals surface area contributed by atoms with Crippen molar-refractivity contribution in [2.75, 3.05) is 13.1 Å². The van der Waals surface area contributed by atoms with E-state index in [1.807, 2.05) is 0 Å². The van der Waals surface area contributed by atoms with Gasteiger partial charge in [-0.15, -0.1) is 11.3 Å². The Kier molecular flexibility index (Phi) is 5.54. The number of carboxylic acid groups (broad SMARTS) is 1. The van der Waals surface area contributed by atoms with E-state index in [0.29, 0.717) is 18.3 Å². The van der Waals surface area contributed by atoms with Gasteiger partial charge in [0.25, 0.3) is 0 Å². The Bertz CT molecular complexity index is 445. The van der Waals surface area contributed by atoms with Crippen molar-refractivity contribution >= 4 is 17.3 Å². The molecule has 0 aromatic carbocycles. The molecule has 1 aromatic rings. The minimum absolute atomic E-state index is 0.298. The Balaban J connectivity index is 1.84. The summed E-state index contributed by atoms with van der Waals surface area (Å²) in [6.07, 6.45) is 3.44. The molecule has 0 radical (unpaired) electrons. The first-order chi connectivity index (χ1) is 9.54. The van der Waals surface area contributed by atoms with Crippen LogP contribution in [0.4, 0.5) is 0 Å². The standard InChI is InChI=1S/C15H24N2O2S/c1-11(2)15-16-13(10-20-15)9-17-7-3-4-12(8-17)5-6-14(18)19/h10-12H,3-9H2,1-2H3,(H,18,19). The van der Waals surface area contributed by atoms with Crippen molar-refractivity contribution in [3.63, 3.8) is 0 Å². The van der Waals surface area contributed by atoms with Gasteiger partial charge in [-0.3, -0.25) is 9.69 Å². The number of hydrogen-bond donors (Lipinski definition) is 1. The van der Waals surface area contributed by atoms with Gasteiger partial charge in [-0.1, -0.05) is 13.8 Å². The van der Waals surface area contributed by atoms with E-state index in [2.05, 4.69) is 29.1 Å². The van der Waals surface area contributed by atoms with E-state index in [1.54, 1.807) is 11.3 Å². The smallest absolute Gasteiger partial charge is 0.303 e. The Morgan fingerprint density at radius 2 is 2.40 bits per heavy atom. The first kappa shape index (κ1) is 15.4. The van der Waals surface area contributed by atoms with E-state index in [9.17, 15) is 4.79 Å². The van der Waals surface area contributed by atoms with Crippen molar-refractivity contribution in [3.05, 3.63) is 16.1 Å². The fraction of sp³-hybridized carbons (Fsp3) is 0.733. The van der Waals surface area contributed by atoms with Crippen LogP contribution >= 0.6 is 11.3 Å². The van der Waals surface area contributed by atoms with E-state index in [4.69, 9.17) is 5.11 Å². The number of aliphatic carboxylic acids is 1. The van der Waals surface area contributed by atoms with Crippen LogP contribution in [0.15, 0.2) is 5.38 Å². The average Bonchev–Trinajstić information content (AvgIpc) is 2.85. The fourth-order valence-corrected chi connectivity index (χ4v) is 3.57. The third kappa shape index (κ3) is 4.56. The molecule has 0 bridgehead atoms. The summed E-state index contributed by atoms with van der Waals surface area (Å²) >= 11 is 1.75. The molecule has 0 spiro atoms. The number of thiazole rings is 1. The molecule has 0 saturated carbocycles. The molecule has 0 amide bonds. The summed E-state index contributed by atoms with van der Waals surface area (Å²) in [5, 5.41) is 12.1. The van der Waals surface area contributed by atoms with Crippen LogP contribution < -0.4 is 0 Å². The predicted octanol–water partition coefficient (Wildman–Crippen LogP) is 3.34. The zero-order chi connectivity index (χ0) is 14.5. The van der Waals surface area contributed by atoms with Crippen LogP contribution in [0.5, 0.6) is 0 Å². The maximum Gasteiger partial charge on any atom is 0.303 e. The molecule has 1 aliphatic rings.